The Morgan fingerprint density at radius 1 is 1.35 bits per heavy atom. The van der Waals surface area contributed by atoms with Gasteiger partial charge in [-0.15, -0.1) is 0 Å². The third kappa shape index (κ3) is 2.71. The number of carbonyl (C=O) groups is 1. The van der Waals surface area contributed by atoms with E-state index in [1.54, 1.807) is 6.92 Å². The van der Waals surface area contributed by atoms with Crippen molar-refractivity contribution < 1.29 is 9.53 Å². The van der Waals surface area contributed by atoms with Crippen molar-refractivity contribution in [1.29, 1.82) is 0 Å². The normalized spacial score (nSPS) is 10.2. The zero-order valence-corrected chi connectivity index (χ0v) is 11.8. The number of hydrogen-bond donors (Lipinski definition) is 1. The van der Waals surface area contributed by atoms with Crippen molar-refractivity contribution in [2.75, 3.05) is 12.3 Å². The molecule has 0 atom stereocenters. The quantitative estimate of drug-likeness (QED) is 0.687. The number of anilines is 1. The molecule has 0 aliphatic heterocycles. The van der Waals surface area contributed by atoms with Crippen molar-refractivity contribution in [2.24, 2.45) is 0 Å². The Bertz CT molecular complexity index is 519. The molecule has 3 nitrogen and oxygen atoms in total. The molecule has 0 amide bonds. The van der Waals surface area contributed by atoms with Crippen LogP contribution in [0.5, 0.6) is 0 Å². The summed E-state index contributed by atoms with van der Waals surface area (Å²) in [7, 11) is 0. The van der Waals surface area contributed by atoms with Crippen molar-refractivity contribution >= 4 is 32.1 Å². The number of nitrogens with two attached hydrogens (primary N) is 1. The zero-order chi connectivity index (χ0) is 12.3. The number of benzene rings is 1. The average molecular weight is 343 g/mol. The summed E-state index contributed by atoms with van der Waals surface area (Å²) in [5.74, 6) is -0.255. The standard InChI is InChI=1S/C13H13NO2Te/c1-2-16-13(15)12-10(14)8-11(17-12)9-6-4-3-5-7-9/h3-8H,2,14H2,1H3. The summed E-state index contributed by atoms with van der Waals surface area (Å²) in [5.41, 5.74) is 7.60. The minimum absolute atomic E-state index is 0.255. The zero-order valence-electron chi connectivity index (χ0n) is 9.47. The number of rotatable bonds is 3. The molecule has 2 rings (SSSR count). The van der Waals surface area contributed by atoms with Crippen LogP contribution in [0.3, 0.4) is 0 Å². The Kier molecular flexibility index (Phi) is 3.88. The molecular weight excluding hydrogens is 330 g/mol. The fourth-order valence-corrected chi connectivity index (χ4v) is 4.30. The molecular formula is C13H13NO2Te. The predicted molar refractivity (Wildman–Crippen MR) is 69.2 cm³/mol. The summed E-state index contributed by atoms with van der Waals surface area (Å²) < 4.78 is 6.88. The van der Waals surface area contributed by atoms with Crippen molar-refractivity contribution in [2.45, 2.75) is 6.92 Å². The molecule has 0 aliphatic carbocycles. The molecule has 2 aromatic rings. The molecule has 0 spiro atoms. The number of carbonyl (C=O) groups excluding carboxylic acids is 1. The number of ether oxygens (including phenoxy) is 1. The van der Waals surface area contributed by atoms with Crippen LogP contribution in [0.4, 0.5) is 5.69 Å². The van der Waals surface area contributed by atoms with Crippen molar-refractivity contribution in [1.82, 2.24) is 0 Å². The Balaban J connectivity index is 2.34. The molecule has 1 aromatic carbocycles. The minimum atomic E-state index is -0.715. The Labute approximate surface area is 110 Å². The van der Waals surface area contributed by atoms with Crippen LogP contribution in [0.1, 0.15) is 15.3 Å². The second-order valence-electron chi connectivity index (χ2n) is 3.48. The summed E-state index contributed by atoms with van der Waals surface area (Å²) in [6.07, 6.45) is 0. The van der Waals surface area contributed by atoms with Gasteiger partial charge in [0.2, 0.25) is 0 Å². The van der Waals surface area contributed by atoms with Gasteiger partial charge in [-0.25, -0.2) is 0 Å². The monoisotopic (exact) mass is 345 g/mol. The molecule has 1 aromatic heterocycles. The molecule has 0 saturated heterocycles. The van der Waals surface area contributed by atoms with Crippen LogP contribution in [0.2, 0.25) is 0 Å². The molecule has 1 heterocycles. The Morgan fingerprint density at radius 2 is 2.06 bits per heavy atom. The molecule has 4 heteroatoms. The van der Waals surface area contributed by atoms with E-state index >= 15 is 0 Å². The van der Waals surface area contributed by atoms with E-state index in [9.17, 15) is 4.79 Å². The van der Waals surface area contributed by atoms with Gasteiger partial charge in [-0.1, -0.05) is 0 Å². The summed E-state index contributed by atoms with van der Waals surface area (Å²) >= 11 is -0.715. The molecule has 0 fully saturated rings. The van der Waals surface area contributed by atoms with Crippen LogP contribution in [-0.4, -0.2) is 33.0 Å². The van der Waals surface area contributed by atoms with Gasteiger partial charge in [0.25, 0.3) is 0 Å². The third-order valence-corrected chi connectivity index (χ3v) is 5.65. The molecule has 0 unspecified atom stereocenters. The van der Waals surface area contributed by atoms with Crippen molar-refractivity contribution in [3.63, 3.8) is 0 Å². The fraction of sp³-hybridized carbons (Fsp3) is 0.154. The maximum absolute atomic E-state index is 11.7. The van der Waals surface area contributed by atoms with Gasteiger partial charge in [0.15, 0.2) is 0 Å². The van der Waals surface area contributed by atoms with Crippen LogP contribution < -0.4 is 5.73 Å². The van der Waals surface area contributed by atoms with Crippen LogP contribution >= 0.6 is 0 Å². The van der Waals surface area contributed by atoms with Gasteiger partial charge in [0.1, 0.15) is 0 Å². The first-order chi connectivity index (χ1) is 8.22. The number of hydrogen-bond acceptors (Lipinski definition) is 3. The van der Waals surface area contributed by atoms with E-state index in [-0.39, 0.29) is 5.97 Å². The van der Waals surface area contributed by atoms with Gasteiger partial charge in [-0.2, -0.15) is 0 Å². The van der Waals surface area contributed by atoms with E-state index < -0.39 is 20.4 Å². The maximum atomic E-state index is 11.7. The van der Waals surface area contributed by atoms with E-state index in [1.165, 1.54) is 3.58 Å². The summed E-state index contributed by atoms with van der Waals surface area (Å²) in [5, 5.41) is 0. The summed E-state index contributed by atoms with van der Waals surface area (Å²) in [4.78, 5) is 11.7. The van der Waals surface area contributed by atoms with E-state index in [1.807, 2.05) is 36.4 Å². The number of nitrogen functional groups attached to an aromatic ring is 1. The first kappa shape index (κ1) is 12.2. The van der Waals surface area contributed by atoms with Crippen LogP contribution in [0.25, 0.3) is 9.14 Å². The SMILES string of the molecule is CCOC(=O)c1[te]c(-c2ccccc2)cc1N. The molecule has 0 radical (unpaired) electrons. The molecule has 0 saturated carbocycles. The first-order valence-corrected chi connectivity index (χ1v) is 7.67. The molecule has 0 aliphatic rings. The molecule has 17 heavy (non-hydrogen) atoms. The fourth-order valence-electron chi connectivity index (χ4n) is 1.51. The molecule has 0 bridgehead atoms. The predicted octanol–water partition coefficient (Wildman–Crippen LogP) is 2.17. The van der Waals surface area contributed by atoms with Gasteiger partial charge >= 0.3 is 110 Å². The van der Waals surface area contributed by atoms with Gasteiger partial charge in [-0.05, 0) is 0 Å². The first-order valence-electron chi connectivity index (χ1n) is 5.34. The van der Waals surface area contributed by atoms with E-state index in [4.69, 9.17) is 10.5 Å². The van der Waals surface area contributed by atoms with E-state index in [2.05, 4.69) is 0 Å². The summed E-state index contributed by atoms with van der Waals surface area (Å²) in [6, 6.07) is 11.9. The summed E-state index contributed by atoms with van der Waals surface area (Å²) in [6.45, 7) is 2.19. The average Bonchev–Trinajstić information content (AvgIpc) is 2.73. The van der Waals surface area contributed by atoms with E-state index in [0.29, 0.717) is 15.9 Å². The number of esters is 1. The van der Waals surface area contributed by atoms with Crippen LogP contribution in [0, 0.1) is 0 Å². The second kappa shape index (κ2) is 5.39. The van der Waals surface area contributed by atoms with Gasteiger partial charge in [0, 0.05) is 0 Å². The second-order valence-corrected chi connectivity index (χ2v) is 6.48. The van der Waals surface area contributed by atoms with Crippen LogP contribution in [0.15, 0.2) is 36.4 Å². The van der Waals surface area contributed by atoms with Gasteiger partial charge in [0.05, 0.1) is 0 Å². The Morgan fingerprint density at radius 3 is 2.71 bits per heavy atom. The Hall–Kier alpha value is -1.24. The topological polar surface area (TPSA) is 52.3 Å². The van der Waals surface area contributed by atoms with Gasteiger partial charge in [-0.3, -0.25) is 0 Å². The van der Waals surface area contributed by atoms with Crippen LogP contribution in [-0.2, 0) is 4.74 Å². The van der Waals surface area contributed by atoms with Crippen molar-refractivity contribution in [3.05, 3.63) is 40.0 Å². The molecule has 2 N–H and O–H groups in total. The van der Waals surface area contributed by atoms with Crippen molar-refractivity contribution in [3.8, 4) is 9.14 Å². The van der Waals surface area contributed by atoms with E-state index in [0.717, 1.165) is 5.56 Å². The third-order valence-electron chi connectivity index (χ3n) is 2.28. The molecule has 88 valence electrons. The van der Waals surface area contributed by atoms with Gasteiger partial charge < -0.3 is 0 Å².